The molecule has 9 heteroatoms. The topological polar surface area (TPSA) is 118 Å². The zero-order chi connectivity index (χ0) is 25.8. The van der Waals surface area contributed by atoms with E-state index in [4.69, 9.17) is 10.5 Å². The minimum Gasteiger partial charge on any atom is -0.492 e. The first-order valence-corrected chi connectivity index (χ1v) is 13.1. The number of amides is 1. The Morgan fingerprint density at radius 2 is 2.03 bits per heavy atom. The Labute approximate surface area is 217 Å². The first-order chi connectivity index (χ1) is 18.0. The highest BCUT2D eigenvalue weighted by atomic mass is 16.5. The number of aromatic nitrogens is 3. The van der Waals surface area contributed by atoms with Gasteiger partial charge in [-0.25, -0.2) is 15.0 Å². The molecule has 37 heavy (non-hydrogen) atoms. The van der Waals surface area contributed by atoms with Crippen LogP contribution in [0.25, 0.3) is 11.3 Å². The number of nitrogens with one attached hydrogen (secondary N) is 2. The maximum atomic E-state index is 12.8. The number of pyridine rings is 1. The van der Waals surface area contributed by atoms with Gasteiger partial charge in [0.05, 0.1) is 17.9 Å². The van der Waals surface area contributed by atoms with E-state index in [0.29, 0.717) is 43.0 Å². The highest BCUT2D eigenvalue weighted by Crippen LogP contribution is 2.39. The first-order valence-electron chi connectivity index (χ1n) is 13.1. The number of hydrogen-bond donors (Lipinski definition) is 3. The molecule has 0 saturated carbocycles. The van der Waals surface area contributed by atoms with Gasteiger partial charge in [0.15, 0.2) is 0 Å². The lowest BCUT2D eigenvalue weighted by molar-refractivity contribution is 0.0889. The number of carbonyl (C=O) groups is 1. The molecule has 5 rings (SSSR count). The van der Waals surface area contributed by atoms with E-state index in [9.17, 15) is 4.79 Å². The highest BCUT2D eigenvalue weighted by molar-refractivity contribution is 5.94. The van der Waals surface area contributed by atoms with Gasteiger partial charge in [-0.3, -0.25) is 9.69 Å². The number of anilines is 2. The average Bonchev–Trinajstić information content (AvgIpc) is 3.39. The molecular weight excluding hydrogens is 466 g/mol. The largest absolute Gasteiger partial charge is 0.492 e. The number of likely N-dealkylation sites (tertiary alicyclic amines) is 1. The third kappa shape index (κ3) is 5.67. The molecule has 9 nitrogen and oxygen atoms in total. The molecule has 4 N–H and O–H groups in total. The summed E-state index contributed by atoms with van der Waals surface area (Å²) in [4.78, 5) is 28.3. The average molecular weight is 502 g/mol. The zero-order valence-corrected chi connectivity index (χ0v) is 21.5. The molecule has 4 heterocycles. The van der Waals surface area contributed by atoms with Crippen LogP contribution in [0.3, 0.4) is 0 Å². The van der Waals surface area contributed by atoms with Gasteiger partial charge in [0.2, 0.25) is 5.95 Å². The van der Waals surface area contributed by atoms with Crippen molar-refractivity contribution < 1.29 is 9.53 Å². The van der Waals surface area contributed by atoms with E-state index in [-0.39, 0.29) is 11.9 Å². The Hall–Kier alpha value is -3.72. The Bertz CT molecular complexity index is 1260. The summed E-state index contributed by atoms with van der Waals surface area (Å²) in [6, 6.07) is 10.7. The van der Waals surface area contributed by atoms with Crippen LogP contribution in [0.15, 0.2) is 42.7 Å². The Balaban J connectivity index is 1.21. The van der Waals surface area contributed by atoms with E-state index in [1.165, 1.54) is 19.3 Å². The molecule has 1 fully saturated rings. The summed E-state index contributed by atoms with van der Waals surface area (Å²) in [5.74, 6) is 1.73. The van der Waals surface area contributed by atoms with Crippen molar-refractivity contribution in [3.63, 3.8) is 0 Å². The van der Waals surface area contributed by atoms with Crippen molar-refractivity contribution in [2.45, 2.75) is 58.2 Å². The van der Waals surface area contributed by atoms with Gasteiger partial charge in [0.1, 0.15) is 11.6 Å². The third-order valence-electron chi connectivity index (χ3n) is 7.36. The van der Waals surface area contributed by atoms with Crippen LogP contribution in [0.1, 0.15) is 54.6 Å². The van der Waals surface area contributed by atoms with Gasteiger partial charge in [-0.15, -0.1) is 0 Å². The van der Waals surface area contributed by atoms with E-state index in [1.54, 1.807) is 18.5 Å². The lowest BCUT2D eigenvalue weighted by Crippen LogP contribution is -2.47. The van der Waals surface area contributed by atoms with E-state index in [0.717, 1.165) is 41.2 Å². The standard InChI is InChI=1S/C28H35N7O2/c1-18-5-3-6-19(2)35(18)13-12-30-27(36)21-8-4-7-20(15-21)16-32-26-22-10-14-37-25(22)23(17-33-26)24-9-11-31-28(29)34-24/h4,7-9,11,15,17-19H,3,5-6,10,12-14,16H2,1-2H3,(H,30,36)(H,32,33)(H2,29,31,34)/t18-,19+. The van der Waals surface area contributed by atoms with E-state index < -0.39 is 0 Å². The molecule has 2 aliphatic rings. The molecule has 1 aromatic carbocycles. The van der Waals surface area contributed by atoms with Crippen LogP contribution in [0.2, 0.25) is 0 Å². The molecule has 2 aliphatic heterocycles. The number of hydrogen-bond acceptors (Lipinski definition) is 8. The fraction of sp³-hybridized carbons (Fsp3) is 0.429. The molecule has 2 atom stereocenters. The van der Waals surface area contributed by atoms with E-state index >= 15 is 0 Å². The fourth-order valence-electron chi connectivity index (χ4n) is 5.37. The van der Waals surface area contributed by atoms with E-state index in [2.05, 4.69) is 44.3 Å². The number of nitrogen functional groups attached to an aromatic ring is 1. The summed E-state index contributed by atoms with van der Waals surface area (Å²) in [6.07, 6.45) is 7.89. The normalized spacial score (nSPS) is 19.2. The molecule has 1 amide bonds. The van der Waals surface area contributed by atoms with Gasteiger partial charge in [-0.05, 0) is 50.5 Å². The van der Waals surface area contributed by atoms with Crippen molar-refractivity contribution in [1.82, 2.24) is 25.2 Å². The van der Waals surface area contributed by atoms with Crippen LogP contribution < -0.4 is 21.1 Å². The highest BCUT2D eigenvalue weighted by Gasteiger charge is 2.25. The maximum Gasteiger partial charge on any atom is 0.251 e. The molecule has 0 aliphatic carbocycles. The number of fused-ring (bicyclic) bond motifs is 1. The lowest BCUT2D eigenvalue weighted by atomic mass is 9.98. The molecular formula is C28H35N7O2. The van der Waals surface area contributed by atoms with Crippen molar-refractivity contribution in [2.75, 3.05) is 30.7 Å². The summed E-state index contributed by atoms with van der Waals surface area (Å²) in [5.41, 5.74) is 9.94. The maximum absolute atomic E-state index is 12.8. The second-order valence-corrected chi connectivity index (χ2v) is 9.90. The van der Waals surface area contributed by atoms with Gasteiger partial charge in [0, 0.05) is 61.7 Å². The summed E-state index contributed by atoms with van der Waals surface area (Å²) in [5, 5.41) is 6.53. The number of ether oxygens (including phenoxy) is 1. The number of carbonyl (C=O) groups excluding carboxylic acids is 1. The first kappa shape index (κ1) is 25.0. The van der Waals surface area contributed by atoms with Gasteiger partial charge in [-0.1, -0.05) is 18.6 Å². The smallest absolute Gasteiger partial charge is 0.251 e. The quantitative estimate of drug-likeness (QED) is 0.428. The van der Waals surface area contributed by atoms with Gasteiger partial charge < -0.3 is 21.1 Å². The molecule has 3 aromatic rings. The van der Waals surface area contributed by atoms with Crippen LogP contribution in [0.4, 0.5) is 11.8 Å². The molecule has 0 spiro atoms. The molecule has 194 valence electrons. The lowest BCUT2D eigenvalue weighted by Gasteiger charge is -2.39. The molecule has 1 saturated heterocycles. The predicted octanol–water partition coefficient (Wildman–Crippen LogP) is 3.66. The Kier molecular flexibility index (Phi) is 7.50. The van der Waals surface area contributed by atoms with Gasteiger partial charge in [-0.2, -0.15) is 0 Å². The predicted molar refractivity (Wildman–Crippen MR) is 144 cm³/mol. The van der Waals surface area contributed by atoms with Crippen molar-refractivity contribution in [2.24, 2.45) is 0 Å². The van der Waals surface area contributed by atoms with Crippen LogP contribution in [0, 0.1) is 0 Å². The minimum atomic E-state index is -0.0416. The second kappa shape index (κ2) is 11.1. The summed E-state index contributed by atoms with van der Waals surface area (Å²) in [6.45, 7) is 7.23. The summed E-state index contributed by atoms with van der Waals surface area (Å²) >= 11 is 0. The van der Waals surface area contributed by atoms with Crippen LogP contribution in [0.5, 0.6) is 5.75 Å². The number of nitrogens with zero attached hydrogens (tertiary/aromatic N) is 4. The SMILES string of the molecule is C[C@@H]1CCC[C@H](C)N1CCNC(=O)c1cccc(CNc2ncc(-c3ccnc(N)n3)c3c2CCO3)c1. The molecule has 2 aromatic heterocycles. The number of benzene rings is 1. The fourth-order valence-corrected chi connectivity index (χ4v) is 5.37. The number of rotatable bonds is 8. The summed E-state index contributed by atoms with van der Waals surface area (Å²) in [7, 11) is 0. The zero-order valence-electron chi connectivity index (χ0n) is 21.5. The molecule has 0 radical (unpaired) electrons. The van der Waals surface area contributed by atoms with Crippen molar-refractivity contribution in [1.29, 1.82) is 0 Å². The van der Waals surface area contributed by atoms with Crippen molar-refractivity contribution >= 4 is 17.7 Å². The van der Waals surface area contributed by atoms with Gasteiger partial charge in [0.25, 0.3) is 5.91 Å². The van der Waals surface area contributed by atoms with Crippen LogP contribution >= 0.6 is 0 Å². The summed E-state index contributed by atoms with van der Waals surface area (Å²) < 4.78 is 5.92. The van der Waals surface area contributed by atoms with Crippen molar-refractivity contribution in [3.05, 3.63) is 59.4 Å². The van der Waals surface area contributed by atoms with Crippen LogP contribution in [-0.4, -0.2) is 57.5 Å². The molecule has 0 unspecified atom stereocenters. The van der Waals surface area contributed by atoms with Crippen molar-refractivity contribution in [3.8, 4) is 17.0 Å². The van der Waals surface area contributed by atoms with Crippen LogP contribution in [-0.2, 0) is 13.0 Å². The third-order valence-corrected chi connectivity index (χ3v) is 7.36. The Morgan fingerprint density at radius 3 is 2.84 bits per heavy atom. The monoisotopic (exact) mass is 501 g/mol. The molecule has 0 bridgehead atoms. The second-order valence-electron chi connectivity index (χ2n) is 9.90. The van der Waals surface area contributed by atoms with Gasteiger partial charge >= 0.3 is 0 Å². The Morgan fingerprint density at radius 1 is 1.19 bits per heavy atom. The number of nitrogens with two attached hydrogens (primary N) is 1. The number of piperidine rings is 1. The van der Waals surface area contributed by atoms with E-state index in [1.807, 2.05) is 24.3 Å². The minimum absolute atomic E-state index is 0.0416.